The first-order chi connectivity index (χ1) is 10.7. The van der Waals surface area contributed by atoms with Gasteiger partial charge in [0.1, 0.15) is 5.60 Å². The second-order valence-electron chi connectivity index (χ2n) is 6.70. The minimum Gasteiger partial charge on any atom is -0.443 e. The molecule has 0 unspecified atom stereocenters. The number of hydrogen-bond donors (Lipinski definition) is 0. The Morgan fingerprint density at radius 1 is 1.17 bits per heavy atom. The van der Waals surface area contributed by atoms with Gasteiger partial charge in [0.05, 0.1) is 21.3 Å². The number of ketones is 1. The zero-order valence-electron chi connectivity index (χ0n) is 13.2. The maximum atomic E-state index is 12.7. The van der Waals surface area contributed by atoms with Gasteiger partial charge in [-0.1, -0.05) is 23.2 Å². The number of nitrogens with zero attached hydrogens (tertiary/aromatic N) is 1. The fourth-order valence-corrected chi connectivity index (χ4v) is 3.25. The monoisotopic (exact) mass is 353 g/mol. The summed E-state index contributed by atoms with van der Waals surface area (Å²) < 4.78 is 6.82. The number of ether oxygens (including phenoxy) is 1. The first-order valence-electron chi connectivity index (χ1n) is 7.48. The van der Waals surface area contributed by atoms with Gasteiger partial charge in [-0.3, -0.25) is 4.79 Å². The van der Waals surface area contributed by atoms with Crippen molar-refractivity contribution < 1.29 is 14.3 Å². The van der Waals surface area contributed by atoms with Crippen molar-refractivity contribution >= 4 is 46.0 Å². The molecule has 1 aromatic carbocycles. The Morgan fingerprint density at radius 3 is 2.48 bits per heavy atom. The van der Waals surface area contributed by atoms with Crippen LogP contribution < -0.4 is 0 Å². The number of carbonyl (C=O) groups excluding carboxylic acids is 2. The lowest BCUT2D eigenvalue weighted by Gasteiger charge is -2.21. The molecule has 0 amide bonds. The smallest absolute Gasteiger partial charge is 0.419 e. The van der Waals surface area contributed by atoms with Crippen LogP contribution in [0, 0.1) is 0 Å². The highest BCUT2D eigenvalue weighted by Crippen LogP contribution is 2.37. The van der Waals surface area contributed by atoms with E-state index >= 15 is 0 Å². The molecule has 1 heterocycles. The van der Waals surface area contributed by atoms with Crippen LogP contribution in [0.5, 0.6) is 0 Å². The van der Waals surface area contributed by atoms with E-state index in [1.807, 2.05) is 0 Å². The van der Waals surface area contributed by atoms with Crippen LogP contribution in [0.15, 0.2) is 12.1 Å². The predicted molar refractivity (Wildman–Crippen MR) is 90.9 cm³/mol. The molecular formula is C17H17Cl2NO3. The Labute approximate surface area is 144 Å². The molecule has 0 saturated heterocycles. The van der Waals surface area contributed by atoms with Gasteiger partial charge < -0.3 is 4.74 Å². The minimum atomic E-state index is -0.658. The molecule has 0 aliphatic heterocycles. The molecule has 1 aliphatic carbocycles. The van der Waals surface area contributed by atoms with Gasteiger partial charge >= 0.3 is 6.09 Å². The van der Waals surface area contributed by atoms with Gasteiger partial charge in [0.2, 0.25) is 0 Å². The molecule has 2 aromatic rings. The summed E-state index contributed by atoms with van der Waals surface area (Å²) >= 11 is 12.2. The van der Waals surface area contributed by atoms with Gasteiger partial charge in [0.15, 0.2) is 5.78 Å². The summed E-state index contributed by atoms with van der Waals surface area (Å²) in [6.45, 7) is 5.36. The van der Waals surface area contributed by atoms with Gasteiger partial charge in [-0.05, 0) is 51.3 Å². The minimum absolute atomic E-state index is 0.0550. The van der Waals surface area contributed by atoms with E-state index in [9.17, 15) is 9.59 Å². The van der Waals surface area contributed by atoms with E-state index in [4.69, 9.17) is 27.9 Å². The third kappa shape index (κ3) is 2.86. The average molecular weight is 354 g/mol. The third-order valence-electron chi connectivity index (χ3n) is 3.78. The number of Topliss-reactive ketones (excluding diaryl/α,β-unsaturated/α-hetero) is 1. The van der Waals surface area contributed by atoms with E-state index in [1.165, 1.54) is 4.57 Å². The number of carbonyl (C=O) groups is 2. The number of rotatable bonds is 0. The summed E-state index contributed by atoms with van der Waals surface area (Å²) in [4.78, 5) is 25.1. The lowest BCUT2D eigenvalue weighted by Crippen LogP contribution is -2.29. The summed E-state index contributed by atoms with van der Waals surface area (Å²) in [6.07, 6.45) is 1.34. The predicted octanol–water partition coefficient (Wildman–Crippen LogP) is 5.25. The normalized spacial score (nSPS) is 14.9. The molecule has 0 N–H and O–H groups in total. The molecule has 4 nitrogen and oxygen atoms in total. The van der Waals surface area contributed by atoms with Gasteiger partial charge in [0.25, 0.3) is 0 Å². The van der Waals surface area contributed by atoms with E-state index in [-0.39, 0.29) is 5.78 Å². The van der Waals surface area contributed by atoms with Crippen LogP contribution in [0.4, 0.5) is 4.79 Å². The summed E-state index contributed by atoms with van der Waals surface area (Å²) in [5, 5.41) is 1.53. The molecule has 23 heavy (non-hydrogen) atoms. The Balaban J connectivity index is 2.31. The molecule has 0 spiro atoms. The van der Waals surface area contributed by atoms with Crippen molar-refractivity contribution in [2.45, 2.75) is 45.6 Å². The van der Waals surface area contributed by atoms with Crippen LogP contribution in [0.3, 0.4) is 0 Å². The second kappa shape index (κ2) is 5.53. The van der Waals surface area contributed by atoms with Crippen molar-refractivity contribution in [2.24, 2.45) is 0 Å². The summed E-state index contributed by atoms with van der Waals surface area (Å²) in [5.74, 6) is -0.0550. The van der Waals surface area contributed by atoms with Crippen LogP contribution in [0.2, 0.25) is 10.0 Å². The first-order valence-corrected chi connectivity index (χ1v) is 8.23. The van der Waals surface area contributed by atoms with Crippen LogP contribution in [0.25, 0.3) is 10.9 Å². The van der Waals surface area contributed by atoms with E-state index in [1.54, 1.807) is 32.9 Å². The number of hydrogen-bond acceptors (Lipinski definition) is 3. The zero-order chi connectivity index (χ0) is 16.9. The van der Waals surface area contributed by atoms with Gasteiger partial charge in [-0.15, -0.1) is 0 Å². The molecular weight excluding hydrogens is 337 g/mol. The van der Waals surface area contributed by atoms with Crippen molar-refractivity contribution in [3.63, 3.8) is 0 Å². The molecule has 0 fully saturated rings. The number of halogens is 2. The summed E-state index contributed by atoms with van der Waals surface area (Å²) in [7, 11) is 0. The Morgan fingerprint density at radius 2 is 1.83 bits per heavy atom. The number of benzene rings is 1. The van der Waals surface area contributed by atoms with Gasteiger partial charge in [-0.2, -0.15) is 0 Å². The van der Waals surface area contributed by atoms with Crippen LogP contribution in [-0.4, -0.2) is 22.0 Å². The van der Waals surface area contributed by atoms with Crippen LogP contribution in [-0.2, 0) is 11.2 Å². The van der Waals surface area contributed by atoms with Crippen molar-refractivity contribution in [3.05, 3.63) is 33.4 Å². The zero-order valence-corrected chi connectivity index (χ0v) is 14.7. The molecule has 6 heteroatoms. The average Bonchev–Trinajstić information content (AvgIpc) is 2.73. The Bertz CT molecular complexity index is 831. The first kappa shape index (κ1) is 16.3. The Kier molecular flexibility index (Phi) is 3.93. The highest BCUT2D eigenvalue weighted by atomic mass is 35.5. The standard InChI is InChI=1S/C17H17Cl2NO3/c1-17(2,3)23-16(22)20-13-8-12(19)11(18)7-10(13)9-5-4-6-14(21)15(9)20/h7-8H,4-6H2,1-3H3. The Hall–Kier alpha value is -1.52. The number of aromatic nitrogens is 1. The van der Waals surface area contributed by atoms with Crippen molar-refractivity contribution in [2.75, 3.05) is 0 Å². The van der Waals surface area contributed by atoms with Gasteiger partial charge in [-0.25, -0.2) is 9.36 Å². The second-order valence-corrected chi connectivity index (χ2v) is 7.52. The van der Waals surface area contributed by atoms with E-state index in [0.717, 1.165) is 23.8 Å². The van der Waals surface area contributed by atoms with Gasteiger partial charge in [0, 0.05) is 11.8 Å². The molecule has 0 atom stereocenters. The topological polar surface area (TPSA) is 48.3 Å². The number of fused-ring (bicyclic) bond motifs is 3. The van der Waals surface area contributed by atoms with E-state index in [2.05, 4.69) is 0 Å². The van der Waals surface area contributed by atoms with E-state index < -0.39 is 11.7 Å². The highest BCUT2D eigenvalue weighted by molar-refractivity contribution is 6.43. The molecule has 0 radical (unpaired) electrons. The SMILES string of the molecule is CC(C)(C)OC(=O)n1c2c(c3cc(Cl)c(Cl)cc31)CCCC2=O. The highest BCUT2D eigenvalue weighted by Gasteiger charge is 2.31. The molecule has 0 saturated carbocycles. The largest absolute Gasteiger partial charge is 0.443 e. The molecule has 0 bridgehead atoms. The van der Waals surface area contributed by atoms with Crippen molar-refractivity contribution in [1.29, 1.82) is 0 Å². The molecule has 122 valence electrons. The van der Waals surface area contributed by atoms with Crippen molar-refractivity contribution in [1.82, 2.24) is 4.57 Å². The number of aryl methyl sites for hydroxylation is 1. The van der Waals surface area contributed by atoms with Crippen LogP contribution >= 0.6 is 23.2 Å². The lowest BCUT2D eigenvalue weighted by molar-refractivity contribution is 0.0534. The summed E-state index contributed by atoms with van der Waals surface area (Å²) in [5.41, 5.74) is 1.16. The van der Waals surface area contributed by atoms with Crippen molar-refractivity contribution in [3.8, 4) is 0 Å². The van der Waals surface area contributed by atoms with E-state index in [0.29, 0.717) is 27.7 Å². The maximum absolute atomic E-state index is 12.7. The molecule has 1 aromatic heterocycles. The van der Waals surface area contributed by atoms with Crippen LogP contribution in [0.1, 0.15) is 49.7 Å². The maximum Gasteiger partial charge on any atom is 0.419 e. The third-order valence-corrected chi connectivity index (χ3v) is 4.51. The molecule has 3 rings (SSSR count). The fraction of sp³-hybridized carbons (Fsp3) is 0.412. The summed E-state index contributed by atoms with van der Waals surface area (Å²) in [6, 6.07) is 3.34. The lowest BCUT2D eigenvalue weighted by atomic mass is 9.94. The molecule has 1 aliphatic rings. The fourth-order valence-electron chi connectivity index (χ4n) is 2.93. The quantitative estimate of drug-likeness (QED) is 0.649.